The maximum Gasteiger partial charge on any atom is 0.141 e. The van der Waals surface area contributed by atoms with Crippen LogP contribution in [0.1, 0.15) is 11.5 Å². The Kier molecular flexibility index (Phi) is 2.91. The van der Waals surface area contributed by atoms with Crippen LogP contribution in [0.5, 0.6) is 0 Å². The van der Waals surface area contributed by atoms with E-state index in [1.54, 1.807) is 17.5 Å². The van der Waals surface area contributed by atoms with E-state index in [2.05, 4.69) is 25.6 Å². The van der Waals surface area contributed by atoms with E-state index < -0.39 is 0 Å². The fourth-order valence-corrected chi connectivity index (χ4v) is 2.83. The maximum atomic E-state index is 4.51. The van der Waals surface area contributed by atoms with Gasteiger partial charge in [-0.2, -0.15) is 0 Å². The third-order valence-corrected chi connectivity index (χ3v) is 3.97. The van der Waals surface area contributed by atoms with Crippen LogP contribution < -0.4 is 0 Å². The zero-order valence-corrected chi connectivity index (χ0v) is 11.9. The van der Waals surface area contributed by atoms with Gasteiger partial charge in [-0.25, -0.2) is 9.97 Å². The zero-order chi connectivity index (χ0) is 13.4. The van der Waals surface area contributed by atoms with Gasteiger partial charge in [0.05, 0.1) is 17.1 Å². The minimum Gasteiger partial charge on any atom is -0.331 e. The van der Waals surface area contributed by atoms with E-state index in [0.29, 0.717) is 0 Å². The molecular weight excluding hydrogens is 256 g/mol. The van der Waals surface area contributed by atoms with Gasteiger partial charge in [-0.05, 0) is 26.0 Å². The molecular formula is C14H14N4S. The van der Waals surface area contributed by atoms with Crippen molar-refractivity contribution in [3.05, 3.63) is 41.4 Å². The van der Waals surface area contributed by atoms with Crippen molar-refractivity contribution in [2.24, 2.45) is 7.05 Å². The molecule has 3 aromatic heterocycles. The number of aryl methyl sites for hydroxylation is 2. The van der Waals surface area contributed by atoms with E-state index in [-0.39, 0.29) is 0 Å². The van der Waals surface area contributed by atoms with Crippen molar-refractivity contribution in [1.29, 1.82) is 0 Å². The third kappa shape index (κ3) is 2.06. The molecule has 0 aromatic carbocycles. The SMILES string of the molecule is Cc1nc(C)n(C)c1-c1ccnc(-c2nccs2)c1. The smallest absolute Gasteiger partial charge is 0.141 e. The van der Waals surface area contributed by atoms with Gasteiger partial charge in [-0.1, -0.05) is 0 Å². The fourth-order valence-electron chi connectivity index (χ4n) is 2.22. The van der Waals surface area contributed by atoms with Crippen LogP contribution in [0.2, 0.25) is 0 Å². The molecule has 0 unspecified atom stereocenters. The van der Waals surface area contributed by atoms with Crippen LogP contribution in [0.15, 0.2) is 29.9 Å². The van der Waals surface area contributed by atoms with Gasteiger partial charge in [0.15, 0.2) is 0 Å². The summed E-state index contributed by atoms with van der Waals surface area (Å²) in [5.74, 6) is 1.01. The fraction of sp³-hybridized carbons (Fsp3) is 0.214. The first-order valence-corrected chi connectivity index (χ1v) is 6.91. The molecule has 3 aromatic rings. The number of hydrogen-bond acceptors (Lipinski definition) is 4. The minimum atomic E-state index is 0.908. The molecule has 3 rings (SSSR count). The van der Waals surface area contributed by atoms with Gasteiger partial charge in [0.2, 0.25) is 0 Å². The van der Waals surface area contributed by atoms with Crippen molar-refractivity contribution in [2.75, 3.05) is 0 Å². The normalized spacial score (nSPS) is 10.9. The summed E-state index contributed by atoms with van der Waals surface area (Å²) >= 11 is 1.60. The number of nitrogens with zero attached hydrogens (tertiary/aromatic N) is 4. The van der Waals surface area contributed by atoms with Crippen molar-refractivity contribution in [1.82, 2.24) is 19.5 Å². The minimum absolute atomic E-state index is 0.908. The number of aromatic nitrogens is 4. The second-order valence-corrected chi connectivity index (χ2v) is 5.31. The average Bonchev–Trinajstić information content (AvgIpc) is 3.00. The Morgan fingerprint density at radius 3 is 2.63 bits per heavy atom. The highest BCUT2D eigenvalue weighted by Crippen LogP contribution is 2.27. The summed E-state index contributed by atoms with van der Waals surface area (Å²) in [6.45, 7) is 4.05. The predicted molar refractivity (Wildman–Crippen MR) is 77.0 cm³/mol. The Morgan fingerprint density at radius 2 is 2.00 bits per heavy atom. The van der Waals surface area contributed by atoms with Gasteiger partial charge in [-0.3, -0.25) is 4.98 Å². The third-order valence-electron chi connectivity index (χ3n) is 3.18. The van der Waals surface area contributed by atoms with Crippen molar-refractivity contribution in [3.8, 4) is 22.0 Å². The number of pyridine rings is 1. The van der Waals surface area contributed by atoms with Gasteiger partial charge in [0.1, 0.15) is 10.8 Å². The van der Waals surface area contributed by atoms with E-state index in [9.17, 15) is 0 Å². The van der Waals surface area contributed by atoms with Gasteiger partial charge >= 0.3 is 0 Å². The highest BCUT2D eigenvalue weighted by Gasteiger charge is 2.12. The Morgan fingerprint density at radius 1 is 1.16 bits per heavy atom. The molecule has 0 aliphatic carbocycles. The molecule has 0 bridgehead atoms. The van der Waals surface area contributed by atoms with Crippen molar-refractivity contribution >= 4 is 11.3 Å². The summed E-state index contributed by atoms with van der Waals surface area (Å²) in [4.78, 5) is 13.2. The van der Waals surface area contributed by atoms with Crippen LogP contribution in [0.25, 0.3) is 22.0 Å². The highest BCUT2D eigenvalue weighted by molar-refractivity contribution is 7.13. The van der Waals surface area contributed by atoms with Gasteiger partial charge in [0.25, 0.3) is 0 Å². The van der Waals surface area contributed by atoms with Crippen molar-refractivity contribution in [3.63, 3.8) is 0 Å². The van der Waals surface area contributed by atoms with Crippen LogP contribution in [0, 0.1) is 13.8 Å². The molecule has 0 radical (unpaired) electrons. The Labute approximate surface area is 115 Å². The van der Waals surface area contributed by atoms with Gasteiger partial charge in [0, 0.05) is 30.4 Å². The molecule has 5 heteroatoms. The summed E-state index contributed by atoms with van der Waals surface area (Å²) < 4.78 is 2.11. The molecule has 4 nitrogen and oxygen atoms in total. The first kappa shape index (κ1) is 12.0. The first-order chi connectivity index (χ1) is 9.16. The lowest BCUT2D eigenvalue weighted by Crippen LogP contribution is -1.95. The molecule has 96 valence electrons. The molecule has 0 saturated heterocycles. The van der Waals surface area contributed by atoms with Crippen molar-refractivity contribution in [2.45, 2.75) is 13.8 Å². The molecule has 3 heterocycles. The summed E-state index contributed by atoms with van der Waals surface area (Å²) in [6.07, 6.45) is 3.63. The van der Waals surface area contributed by atoms with Crippen LogP contribution in [-0.4, -0.2) is 19.5 Å². The average molecular weight is 270 g/mol. The summed E-state index contributed by atoms with van der Waals surface area (Å²) in [5.41, 5.74) is 4.21. The zero-order valence-electron chi connectivity index (χ0n) is 11.1. The van der Waals surface area contributed by atoms with Gasteiger partial charge in [-0.15, -0.1) is 11.3 Å². The van der Waals surface area contributed by atoms with E-state index in [0.717, 1.165) is 33.5 Å². The Bertz CT molecular complexity index is 713. The molecule has 0 N–H and O–H groups in total. The lowest BCUT2D eigenvalue weighted by atomic mass is 10.1. The van der Waals surface area contributed by atoms with E-state index in [4.69, 9.17) is 0 Å². The maximum absolute atomic E-state index is 4.51. The number of thiazole rings is 1. The van der Waals surface area contributed by atoms with E-state index in [1.807, 2.05) is 38.5 Å². The monoisotopic (exact) mass is 270 g/mol. The molecule has 19 heavy (non-hydrogen) atoms. The molecule has 0 amide bonds. The first-order valence-electron chi connectivity index (χ1n) is 6.03. The lowest BCUT2D eigenvalue weighted by molar-refractivity contribution is 0.865. The quantitative estimate of drug-likeness (QED) is 0.718. The summed E-state index contributed by atoms with van der Waals surface area (Å²) in [6, 6.07) is 4.09. The molecule has 0 spiro atoms. The summed E-state index contributed by atoms with van der Waals surface area (Å²) in [7, 11) is 2.04. The number of rotatable bonds is 2. The topological polar surface area (TPSA) is 43.6 Å². The second-order valence-electron chi connectivity index (χ2n) is 4.42. The Hall–Kier alpha value is -2.01. The molecule has 0 aliphatic heterocycles. The van der Waals surface area contributed by atoms with Crippen LogP contribution in [0.4, 0.5) is 0 Å². The standard InChI is InChI=1S/C14H14N4S/c1-9-13(18(3)10(2)17-9)11-4-5-15-12(8-11)14-16-6-7-19-14/h4-8H,1-3H3. The van der Waals surface area contributed by atoms with E-state index in [1.165, 1.54) is 0 Å². The largest absolute Gasteiger partial charge is 0.331 e. The number of hydrogen-bond donors (Lipinski definition) is 0. The molecule has 0 aliphatic rings. The molecule has 0 fully saturated rings. The number of imidazole rings is 1. The predicted octanol–water partition coefficient (Wildman–Crippen LogP) is 3.22. The van der Waals surface area contributed by atoms with Crippen LogP contribution in [-0.2, 0) is 7.05 Å². The van der Waals surface area contributed by atoms with E-state index >= 15 is 0 Å². The van der Waals surface area contributed by atoms with Crippen LogP contribution in [0.3, 0.4) is 0 Å². The molecule has 0 atom stereocenters. The second kappa shape index (κ2) is 4.59. The Balaban J connectivity index is 2.14. The summed E-state index contributed by atoms with van der Waals surface area (Å²) in [5, 5.41) is 2.90. The van der Waals surface area contributed by atoms with Gasteiger partial charge < -0.3 is 4.57 Å². The highest BCUT2D eigenvalue weighted by atomic mass is 32.1. The van der Waals surface area contributed by atoms with Crippen LogP contribution >= 0.6 is 11.3 Å². The van der Waals surface area contributed by atoms with Crippen molar-refractivity contribution < 1.29 is 0 Å². The lowest BCUT2D eigenvalue weighted by Gasteiger charge is -2.06. The molecule has 0 saturated carbocycles.